The second-order valence-electron chi connectivity index (χ2n) is 7.22. The van der Waals surface area contributed by atoms with Crippen molar-refractivity contribution in [2.24, 2.45) is 0 Å². The number of methoxy groups -OCH3 is 1. The van der Waals surface area contributed by atoms with Crippen LogP contribution in [-0.2, 0) is 9.59 Å². The minimum absolute atomic E-state index is 0.00880. The van der Waals surface area contributed by atoms with Crippen molar-refractivity contribution in [1.29, 1.82) is 0 Å². The summed E-state index contributed by atoms with van der Waals surface area (Å²) in [5.74, 6) is 0.749. The zero-order valence-electron chi connectivity index (χ0n) is 16.2. The molecule has 1 aliphatic rings. The highest BCUT2D eigenvalue weighted by atomic mass is 16.5. The number of carbonyl (C=O) groups excluding carboxylic acids is 2. The van der Waals surface area contributed by atoms with Crippen LogP contribution in [-0.4, -0.2) is 63.7 Å². The molecule has 2 amide bonds. The lowest BCUT2D eigenvalue weighted by Crippen LogP contribution is -3.30. The Kier molecular flexibility index (Phi) is 7.41. The first-order valence-electron chi connectivity index (χ1n) is 9.32. The summed E-state index contributed by atoms with van der Waals surface area (Å²) in [5, 5.41) is 5.91. The summed E-state index contributed by atoms with van der Waals surface area (Å²) >= 11 is 0. The third-order valence-corrected chi connectivity index (χ3v) is 4.83. The Morgan fingerprint density at radius 3 is 2.38 bits per heavy atom. The maximum atomic E-state index is 12.6. The molecule has 0 aliphatic carbocycles. The van der Waals surface area contributed by atoms with E-state index in [0.717, 1.165) is 26.2 Å². The Bertz CT molecular complexity index is 613. The number of hydrogen-bond acceptors (Lipinski definition) is 3. The van der Waals surface area contributed by atoms with Crippen molar-refractivity contribution in [3.05, 3.63) is 24.3 Å². The third kappa shape index (κ3) is 5.71. The smallest absolute Gasteiger partial charge is 0.282 e. The highest BCUT2D eigenvalue weighted by molar-refractivity contribution is 5.94. The molecular weight excluding hydrogens is 332 g/mol. The number of benzene rings is 1. The molecule has 1 atom stereocenters. The second kappa shape index (κ2) is 9.54. The van der Waals surface area contributed by atoms with Gasteiger partial charge in [0.2, 0.25) is 0 Å². The number of quaternary nitrogens is 2. The van der Waals surface area contributed by atoms with E-state index >= 15 is 0 Å². The molecule has 7 heteroatoms. The van der Waals surface area contributed by atoms with Gasteiger partial charge in [-0.2, -0.15) is 0 Å². The van der Waals surface area contributed by atoms with E-state index in [1.165, 1.54) is 9.80 Å². The molecule has 0 aromatic heterocycles. The number of carbonyl (C=O) groups is 2. The van der Waals surface area contributed by atoms with Crippen molar-refractivity contribution < 1.29 is 24.1 Å². The lowest BCUT2D eigenvalue weighted by Gasteiger charge is -2.32. The van der Waals surface area contributed by atoms with Crippen LogP contribution < -0.4 is 25.2 Å². The molecule has 1 fully saturated rings. The summed E-state index contributed by atoms with van der Waals surface area (Å²) in [5.41, 5.74) is 0.695. The lowest BCUT2D eigenvalue weighted by molar-refractivity contribution is -1.01. The largest absolute Gasteiger partial charge is 0.495 e. The minimum Gasteiger partial charge on any atom is -0.495 e. The molecule has 0 radical (unpaired) electrons. The van der Waals surface area contributed by atoms with E-state index in [1.807, 2.05) is 45.0 Å². The molecule has 1 saturated heterocycles. The van der Waals surface area contributed by atoms with E-state index in [9.17, 15) is 9.59 Å². The quantitative estimate of drug-likeness (QED) is 0.467. The second-order valence-corrected chi connectivity index (χ2v) is 7.22. The van der Waals surface area contributed by atoms with Crippen LogP contribution in [0.3, 0.4) is 0 Å². The number of rotatable bonds is 7. The fourth-order valence-electron chi connectivity index (χ4n) is 3.31. The van der Waals surface area contributed by atoms with Crippen LogP contribution in [0.5, 0.6) is 5.75 Å². The molecule has 0 spiro atoms. The van der Waals surface area contributed by atoms with Gasteiger partial charge in [0.1, 0.15) is 31.9 Å². The Hall–Kier alpha value is -2.12. The van der Waals surface area contributed by atoms with Gasteiger partial charge in [0.25, 0.3) is 11.8 Å². The number of anilines is 1. The standard InChI is InChI=1S/C19H30N4O3/c1-14(2)20-18(24)13-22-9-11-23(12-10-22)15(3)19(25)21-16-7-5-6-8-17(16)26-4/h5-8,14-15H,9-13H2,1-4H3,(H,20,24)(H,21,25)/p+2/t15-/m1/s1. The Morgan fingerprint density at radius 2 is 1.77 bits per heavy atom. The fourth-order valence-corrected chi connectivity index (χ4v) is 3.31. The van der Waals surface area contributed by atoms with Gasteiger partial charge >= 0.3 is 0 Å². The minimum atomic E-state index is -0.147. The first kappa shape index (κ1) is 20.2. The third-order valence-electron chi connectivity index (χ3n) is 4.83. The molecule has 0 saturated carbocycles. The van der Waals surface area contributed by atoms with Crippen molar-refractivity contribution in [2.45, 2.75) is 32.9 Å². The molecule has 1 aromatic carbocycles. The van der Waals surface area contributed by atoms with Crippen LogP contribution >= 0.6 is 0 Å². The normalized spacial score (nSPS) is 21.1. The SMILES string of the molecule is COc1ccccc1NC(=O)[C@@H](C)[NH+]1CC[NH+](CC(=O)NC(C)C)CC1. The fraction of sp³-hybridized carbons (Fsp3) is 0.579. The Labute approximate surface area is 155 Å². The number of hydrogen-bond donors (Lipinski definition) is 4. The van der Waals surface area contributed by atoms with E-state index in [-0.39, 0.29) is 23.9 Å². The van der Waals surface area contributed by atoms with Gasteiger partial charge in [-0.05, 0) is 32.9 Å². The summed E-state index contributed by atoms with van der Waals surface area (Å²) in [6, 6.07) is 7.45. The molecule has 0 unspecified atom stereocenters. The van der Waals surface area contributed by atoms with Crippen molar-refractivity contribution in [3.63, 3.8) is 0 Å². The average Bonchev–Trinajstić information content (AvgIpc) is 2.61. The predicted octanol–water partition coefficient (Wildman–Crippen LogP) is -1.67. The van der Waals surface area contributed by atoms with Gasteiger partial charge in [-0.1, -0.05) is 12.1 Å². The van der Waals surface area contributed by atoms with Crippen molar-refractivity contribution in [2.75, 3.05) is 45.2 Å². The van der Waals surface area contributed by atoms with Crippen LogP contribution in [0.25, 0.3) is 0 Å². The highest BCUT2D eigenvalue weighted by Gasteiger charge is 2.32. The molecule has 0 bridgehead atoms. The highest BCUT2D eigenvalue weighted by Crippen LogP contribution is 2.22. The first-order valence-corrected chi connectivity index (χ1v) is 9.32. The van der Waals surface area contributed by atoms with Gasteiger partial charge in [-0.15, -0.1) is 0 Å². The molecule has 1 heterocycles. The van der Waals surface area contributed by atoms with Crippen LogP contribution in [0.4, 0.5) is 5.69 Å². The average molecular weight is 364 g/mol. The molecule has 7 nitrogen and oxygen atoms in total. The lowest BCUT2D eigenvalue weighted by atomic mass is 10.2. The summed E-state index contributed by atoms with van der Waals surface area (Å²) in [7, 11) is 1.59. The topological polar surface area (TPSA) is 76.3 Å². The molecule has 1 aromatic rings. The zero-order valence-corrected chi connectivity index (χ0v) is 16.2. The molecule has 144 valence electrons. The summed E-state index contributed by atoms with van der Waals surface area (Å²) in [4.78, 5) is 27.0. The molecular formula is C19H32N4O3+2. The van der Waals surface area contributed by atoms with Gasteiger partial charge < -0.3 is 25.2 Å². The molecule has 2 rings (SSSR count). The Balaban J connectivity index is 1.83. The predicted molar refractivity (Wildman–Crippen MR) is 101 cm³/mol. The van der Waals surface area contributed by atoms with Gasteiger partial charge in [0.15, 0.2) is 12.6 Å². The summed E-state index contributed by atoms with van der Waals surface area (Å²) in [6.45, 7) is 9.95. The molecule has 4 N–H and O–H groups in total. The number of para-hydroxylation sites is 2. The van der Waals surface area contributed by atoms with E-state index < -0.39 is 0 Å². The molecule has 1 aliphatic heterocycles. The van der Waals surface area contributed by atoms with Gasteiger partial charge in [0, 0.05) is 6.04 Å². The van der Waals surface area contributed by atoms with Crippen LogP contribution in [0.15, 0.2) is 24.3 Å². The summed E-state index contributed by atoms with van der Waals surface area (Å²) < 4.78 is 5.29. The van der Waals surface area contributed by atoms with Gasteiger partial charge in [-0.3, -0.25) is 9.59 Å². The van der Waals surface area contributed by atoms with Crippen molar-refractivity contribution >= 4 is 17.5 Å². The first-order chi connectivity index (χ1) is 12.4. The summed E-state index contributed by atoms with van der Waals surface area (Å²) in [6.07, 6.45) is 0. The van der Waals surface area contributed by atoms with E-state index in [2.05, 4.69) is 10.6 Å². The zero-order chi connectivity index (χ0) is 19.1. The van der Waals surface area contributed by atoms with Crippen molar-refractivity contribution in [3.8, 4) is 5.75 Å². The maximum Gasteiger partial charge on any atom is 0.282 e. The Morgan fingerprint density at radius 1 is 1.12 bits per heavy atom. The van der Waals surface area contributed by atoms with E-state index in [0.29, 0.717) is 18.0 Å². The van der Waals surface area contributed by atoms with Crippen molar-refractivity contribution in [1.82, 2.24) is 5.32 Å². The van der Waals surface area contributed by atoms with Crippen LogP contribution in [0, 0.1) is 0 Å². The molecule has 26 heavy (non-hydrogen) atoms. The van der Waals surface area contributed by atoms with Crippen LogP contribution in [0.2, 0.25) is 0 Å². The number of ether oxygens (including phenoxy) is 1. The van der Waals surface area contributed by atoms with Crippen LogP contribution in [0.1, 0.15) is 20.8 Å². The monoisotopic (exact) mass is 364 g/mol. The number of piperazine rings is 1. The van der Waals surface area contributed by atoms with E-state index in [4.69, 9.17) is 4.74 Å². The maximum absolute atomic E-state index is 12.6. The number of amides is 2. The van der Waals surface area contributed by atoms with Gasteiger partial charge in [0.05, 0.1) is 12.8 Å². The van der Waals surface area contributed by atoms with Gasteiger partial charge in [-0.25, -0.2) is 0 Å². The van der Waals surface area contributed by atoms with E-state index in [1.54, 1.807) is 7.11 Å². The number of nitrogens with one attached hydrogen (secondary N) is 4.